The maximum atomic E-state index is 14.1. The van der Waals surface area contributed by atoms with Crippen molar-refractivity contribution in [3.05, 3.63) is 59.4 Å². The summed E-state index contributed by atoms with van der Waals surface area (Å²) in [5.41, 5.74) is 1.34. The van der Waals surface area contributed by atoms with E-state index in [2.05, 4.69) is 13.8 Å². The van der Waals surface area contributed by atoms with E-state index in [9.17, 15) is 13.2 Å². The Hall–Kier alpha value is -1.77. The largest absolute Gasteiger partial charge is 0.207 e. The summed E-state index contributed by atoms with van der Waals surface area (Å²) in [4.78, 5) is 0. The second-order valence-corrected chi connectivity index (χ2v) is 5.19. The zero-order chi connectivity index (χ0) is 14.7. The van der Waals surface area contributed by atoms with Gasteiger partial charge < -0.3 is 0 Å². The molecule has 0 amide bonds. The van der Waals surface area contributed by atoms with E-state index in [0.717, 1.165) is 36.6 Å². The van der Waals surface area contributed by atoms with Crippen LogP contribution in [0.2, 0.25) is 0 Å². The fraction of sp³-hybridized carbons (Fsp3) is 0.294. The first-order chi connectivity index (χ1) is 9.49. The van der Waals surface area contributed by atoms with Crippen LogP contribution in [0.1, 0.15) is 25.8 Å². The van der Waals surface area contributed by atoms with E-state index < -0.39 is 17.5 Å². The third-order valence-corrected chi connectivity index (χ3v) is 3.49. The Bertz CT molecular complexity index is 585. The minimum atomic E-state index is -0.705. The van der Waals surface area contributed by atoms with Gasteiger partial charge in [-0.2, -0.15) is 0 Å². The normalized spacial score (nSPS) is 12.4. The van der Waals surface area contributed by atoms with Gasteiger partial charge in [-0.25, -0.2) is 13.2 Å². The summed E-state index contributed by atoms with van der Waals surface area (Å²) in [5.74, 6) is -1.38. The summed E-state index contributed by atoms with van der Waals surface area (Å²) < 4.78 is 40.5. The maximum Gasteiger partial charge on any atom is 0.131 e. The van der Waals surface area contributed by atoms with Crippen LogP contribution >= 0.6 is 0 Å². The Kier molecular flexibility index (Phi) is 4.48. The minimum absolute atomic E-state index is 0.218. The standard InChI is InChI=1S/C17H17F3/c1-3-11(2)6-12-4-5-16(17(20)7-12)13-8-14(18)10-15(19)9-13/h4-5,7-11H,3,6H2,1-2H3. The lowest BCUT2D eigenvalue weighted by Crippen LogP contribution is -1.99. The van der Waals surface area contributed by atoms with Crippen LogP contribution < -0.4 is 0 Å². The van der Waals surface area contributed by atoms with Crippen molar-refractivity contribution in [3.63, 3.8) is 0 Å². The van der Waals surface area contributed by atoms with E-state index >= 15 is 0 Å². The highest BCUT2D eigenvalue weighted by Gasteiger charge is 2.10. The predicted molar refractivity (Wildman–Crippen MR) is 74.9 cm³/mol. The molecule has 0 aliphatic carbocycles. The summed E-state index contributed by atoms with van der Waals surface area (Å²) in [7, 11) is 0. The highest BCUT2D eigenvalue weighted by molar-refractivity contribution is 5.64. The van der Waals surface area contributed by atoms with Crippen LogP contribution in [0.15, 0.2) is 36.4 Å². The zero-order valence-electron chi connectivity index (χ0n) is 11.6. The molecule has 0 saturated heterocycles. The first-order valence-corrected chi connectivity index (χ1v) is 6.74. The molecule has 0 nitrogen and oxygen atoms in total. The summed E-state index contributed by atoms with van der Waals surface area (Å²) in [6, 6.07) is 7.89. The van der Waals surface area contributed by atoms with E-state index in [-0.39, 0.29) is 11.1 Å². The van der Waals surface area contributed by atoms with Crippen molar-refractivity contribution in [1.29, 1.82) is 0 Å². The molecule has 1 unspecified atom stereocenters. The van der Waals surface area contributed by atoms with E-state index in [1.54, 1.807) is 6.07 Å². The lowest BCUT2D eigenvalue weighted by Gasteiger charge is -2.10. The number of hydrogen-bond donors (Lipinski definition) is 0. The first kappa shape index (κ1) is 14.6. The van der Waals surface area contributed by atoms with Gasteiger partial charge in [0, 0.05) is 11.6 Å². The van der Waals surface area contributed by atoms with E-state index in [1.165, 1.54) is 6.07 Å². The van der Waals surface area contributed by atoms with Crippen LogP contribution in [0.4, 0.5) is 13.2 Å². The average molecular weight is 278 g/mol. The van der Waals surface area contributed by atoms with Crippen LogP contribution in [0.3, 0.4) is 0 Å². The van der Waals surface area contributed by atoms with Crippen molar-refractivity contribution in [1.82, 2.24) is 0 Å². The van der Waals surface area contributed by atoms with Gasteiger partial charge in [0.05, 0.1) is 0 Å². The second-order valence-electron chi connectivity index (χ2n) is 5.19. The lowest BCUT2D eigenvalue weighted by atomic mass is 9.96. The molecule has 0 saturated carbocycles. The smallest absolute Gasteiger partial charge is 0.131 e. The van der Waals surface area contributed by atoms with E-state index in [0.29, 0.717) is 5.92 Å². The molecule has 2 aromatic carbocycles. The molecule has 106 valence electrons. The van der Waals surface area contributed by atoms with Gasteiger partial charge >= 0.3 is 0 Å². The molecule has 2 aromatic rings. The van der Waals surface area contributed by atoms with Crippen LogP contribution in [0, 0.1) is 23.4 Å². The van der Waals surface area contributed by atoms with Crippen LogP contribution in [-0.4, -0.2) is 0 Å². The van der Waals surface area contributed by atoms with Crippen molar-refractivity contribution in [2.24, 2.45) is 5.92 Å². The van der Waals surface area contributed by atoms with Gasteiger partial charge in [0.15, 0.2) is 0 Å². The molecule has 0 fully saturated rings. The summed E-state index contributed by atoms with van der Waals surface area (Å²) in [5, 5.41) is 0. The Morgan fingerprint density at radius 3 is 2.15 bits per heavy atom. The molecular formula is C17H17F3. The molecule has 0 spiro atoms. The summed E-state index contributed by atoms with van der Waals surface area (Å²) in [6.07, 6.45) is 1.82. The van der Waals surface area contributed by atoms with Crippen LogP contribution in [0.25, 0.3) is 11.1 Å². The molecule has 20 heavy (non-hydrogen) atoms. The Morgan fingerprint density at radius 1 is 0.950 bits per heavy atom. The molecule has 3 heteroatoms. The third kappa shape index (κ3) is 3.41. The highest BCUT2D eigenvalue weighted by Crippen LogP contribution is 2.26. The van der Waals surface area contributed by atoms with Gasteiger partial charge in [-0.05, 0) is 41.7 Å². The molecule has 2 rings (SSSR count). The number of halogens is 3. The molecule has 0 aliphatic heterocycles. The molecule has 0 bridgehead atoms. The number of rotatable bonds is 4. The third-order valence-electron chi connectivity index (χ3n) is 3.49. The van der Waals surface area contributed by atoms with Gasteiger partial charge in [0.1, 0.15) is 17.5 Å². The van der Waals surface area contributed by atoms with Gasteiger partial charge in [0.25, 0.3) is 0 Å². The second kappa shape index (κ2) is 6.12. The molecular weight excluding hydrogens is 261 g/mol. The van der Waals surface area contributed by atoms with Crippen molar-refractivity contribution in [2.75, 3.05) is 0 Å². The van der Waals surface area contributed by atoms with Crippen molar-refractivity contribution in [3.8, 4) is 11.1 Å². The molecule has 1 atom stereocenters. The van der Waals surface area contributed by atoms with E-state index in [1.807, 2.05) is 6.07 Å². The predicted octanol–water partition coefficient (Wildman–Crippen LogP) is 5.36. The quantitative estimate of drug-likeness (QED) is 0.706. The minimum Gasteiger partial charge on any atom is -0.207 e. The number of hydrogen-bond acceptors (Lipinski definition) is 0. The molecule has 0 heterocycles. The topological polar surface area (TPSA) is 0 Å². The van der Waals surface area contributed by atoms with E-state index in [4.69, 9.17) is 0 Å². The van der Waals surface area contributed by atoms with Gasteiger partial charge in [0.2, 0.25) is 0 Å². The average Bonchev–Trinajstić information content (AvgIpc) is 2.37. The van der Waals surface area contributed by atoms with Crippen molar-refractivity contribution in [2.45, 2.75) is 26.7 Å². The Morgan fingerprint density at radius 2 is 1.60 bits per heavy atom. The van der Waals surface area contributed by atoms with Crippen LogP contribution in [-0.2, 0) is 6.42 Å². The molecule has 0 aromatic heterocycles. The molecule has 0 aliphatic rings. The van der Waals surface area contributed by atoms with Gasteiger partial charge in [-0.1, -0.05) is 32.4 Å². The maximum absolute atomic E-state index is 14.1. The zero-order valence-corrected chi connectivity index (χ0v) is 11.6. The van der Waals surface area contributed by atoms with Crippen molar-refractivity contribution < 1.29 is 13.2 Å². The van der Waals surface area contributed by atoms with Crippen LogP contribution in [0.5, 0.6) is 0 Å². The van der Waals surface area contributed by atoms with Gasteiger partial charge in [-0.15, -0.1) is 0 Å². The van der Waals surface area contributed by atoms with Crippen molar-refractivity contribution >= 4 is 0 Å². The fourth-order valence-electron chi connectivity index (χ4n) is 2.18. The summed E-state index contributed by atoms with van der Waals surface area (Å²) >= 11 is 0. The summed E-state index contributed by atoms with van der Waals surface area (Å²) in [6.45, 7) is 4.19. The monoisotopic (exact) mass is 278 g/mol. The molecule has 0 N–H and O–H groups in total. The highest BCUT2D eigenvalue weighted by atomic mass is 19.1. The lowest BCUT2D eigenvalue weighted by molar-refractivity contribution is 0.556. The Labute approximate surface area is 117 Å². The fourth-order valence-corrected chi connectivity index (χ4v) is 2.18. The molecule has 0 radical (unpaired) electrons. The van der Waals surface area contributed by atoms with Gasteiger partial charge in [-0.3, -0.25) is 0 Å². The first-order valence-electron chi connectivity index (χ1n) is 6.74. The number of benzene rings is 2. The SMILES string of the molecule is CCC(C)Cc1ccc(-c2cc(F)cc(F)c2)c(F)c1. The Balaban J connectivity index is 2.34.